The summed E-state index contributed by atoms with van der Waals surface area (Å²) in [6, 6.07) is 11.1. The molecule has 7 nitrogen and oxygen atoms in total. The van der Waals surface area contributed by atoms with Crippen molar-refractivity contribution in [3.63, 3.8) is 0 Å². The van der Waals surface area contributed by atoms with E-state index in [2.05, 4.69) is 15.0 Å². The molecule has 128 valence electrons. The summed E-state index contributed by atoms with van der Waals surface area (Å²) in [5.74, 6) is 2.45. The minimum Gasteiger partial charge on any atom is -0.497 e. The summed E-state index contributed by atoms with van der Waals surface area (Å²) in [4.78, 5) is 12.9. The summed E-state index contributed by atoms with van der Waals surface area (Å²) in [6.07, 6.45) is 2.12. The van der Waals surface area contributed by atoms with Gasteiger partial charge in [0.15, 0.2) is 5.82 Å². The number of benzene rings is 1. The molecular formula is C18H19N5O2. The van der Waals surface area contributed by atoms with Gasteiger partial charge in [0, 0.05) is 24.2 Å². The van der Waals surface area contributed by atoms with Gasteiger partial charge >= 0.3 is 0 Å². The third-order valence-corrected chi connectivity index (χ3v) is 3.83. The smallest absolute Gasteiger partial charge is 0.182 e. The van der Waals surface area contributed by atoms with Crippen LogP contribution in [0.5, 0.6) is 11.5 Å². The van der Waals surface area contributed by atoms with E-state index in [1.54, 1.807) is 26.5 Å². The van der Waals surface area contributed by atoms with Crippen LogP contribution in [0.3, 0.4) is 0 Å². The van der Waals surface area contributed by atoms with Gasteiger partial charge in [-0.1, -0.05) is 12.1 Å². The fourth-order valence-electron chi connectivity index (χ4n) is 2.50. The first-order valence-electron chi connectivity index (χ1n) is 7.66. The fraction of sp³-hybridized carbons (Fsp3) is 0.167. The summed E-state index contributed by atoms with van der Waals surface area (Å²) in [7, 11) is 3.21. The van der Waals surface area contributed by atoms with Crippen LogP contribution < -0.4 is 20.9 Å². The van der Waals surface area contributed by atoms with Gasteiger partial charge in [0.25, 0.3) is 0 Å². The van der Waals surface area contributed by atoms with Gasteiger partial charge < -0.3 is 20.9 Å². The molecule has 0 bridgehead atoms. The van der Waals surface area contributed by atoms with Crippen molar-refractivity contribution in [2.45, 2.75) is 6.42 Å². The highest BCUT2D eigenvalue weighted by atomic mass is 16.5. The predicted octanol–water partition coefficient (Wildman–Crippen LogP) is 2.31. The Morgan fingerprint density at radius 3 is 2.32 bits per heavy atom. The van der Waals surface area contributed by atoms with E-state index in [0.717, 1.165) is 5.56 Å². The Morgan fingerprint density at radius 1 is 0.960 bits per heavy atom. The highest BCUT2D eigenvalue weighted by molar-refractivity contribution is 5.62. The van der Waals surface area contributed by atoms with Crippen LogP contribution in [0.25, 0.3) is 11.5 Å². The van der Waals surface area contributed by atoms with Gasteiger partial charge in [-0.05, 0) is 23.8 Å². The summed E-state index contributed by atoms with van der Waals surface area (Å²) in [5, 5.41) is 0. The average Bonchev–Trinajstić information content (AvgIpc) is 2.65. The molecule has 0 amide bonds. The lowest BCUT2D eigenvalue weighted by molar-refractivity contribution is 0.391. The minimum atomic E-state index is 0.325. The molecule has 3 aromatic rings. The standard InChI is InChI=1S/C18H19N5O2/c1-24-12-7-6-11(15(10-12)25-2)9-13-16(19)22-18(23-17(13)20)14-5-3-4-8-21-14/h3-8,10H,9H2,1-2H3,(H4,19,20,22,23). The second-order valence-corrected chi connectivity index (χ2v) is 5.37. The van der Waals surface area contributed by atoms with E-state index in [0.29, 0.717) is 46.6 Å². The van der Waals surface area contributed by atoms with Crippen LogP contribution in [0.15, 0.2) is 42.6 Å². The maximum Gasteiger partial charge on any atom is 0.182 e. The normalized spacial score (nSPS) is 10.5. The van der Waals surface area contributed by atoms with Gasteiger partial charge in [-0.15, -0.1) is 0 Å². The Morgan fingerprint density at radius 2 is 1.72 bits per heavy atom. The summed E-state index contributed by atoms with van der Waals surface area (Å²) in [5.41, 5.74) is 14.4. The van der Waals surface area contributed by atoms with Crippen molar-refractivity contribution in [3.05, 3.63) is 53.7 Å². The molecule has 0 atom stereocenters. The van der Waals surface area contributed by atoms with E-state index in [4.69, 9.17) is 20.9 Å². The molecule has 0 aliphatic heterocycles. The highest BCUT2D eigenvalue weighted by Crippen LogP contribution is 2.30. The third-order valence-electron chi connectivity index (χ3n) is 3.83. The topological polar surface area (TPSA) is 109 Å². The first-order chi connectivity index (χ1) is 12.1. The molecule has 2 aromatic heterocycles. The molecule has 0 saturated heterocycles. The molecule has 0 aliphatic carbocycles. The number of pyridine rings is 1. The Balaban J connectivity index is 1.96. The molecular weight excluding hydrogens is 318 g/mol. The fourth-order valence-corrected chi connectivity index (χ4v) is 2.50. The van der Waals surface area contributed by atoms with E-state index in [9.17, 15) is 0 Å². The number of aromatic nitrogens is 3. The summed E-state index contributed by atoms with van der Waals surface area (Å²) in [6.45, 7) is 0. The van der Waals surface area contributed by atoms with Crippen LogP contribution in [0, 0.1) is 0 Å². The van der Waals surface area contributed by atoms with E-state index in [-0.39, 0.29) is 0 Å². The maximum absolute atomic E-state index is 6.13. The largest absolute Gasteiger partial charge is 0.497 e. The molecule has 0 unspecified atom stereocenters. The number of nitrogen functional groups attached to an aromatic ring is 2. The van der Waals surface area contributed by atoms with Crippen molar-refractivity contribution in [1.82, 2.24) is 15.0 Å². The van der Waals surface area contributed by atoms with Crippen molar-refractivity contribution >= 4 is 11.6 Å². The van der Waals surface area contributed by atoms with Crippen LogP contribution in [0.1, 0.15) is 11.1 Å². The van der Waals surface area contributed by atoms with Gasteiger partial charge in [0.05, 0.1) is 14.2 Å². The monoisotopic (exact) mass is 337 g/mol. The van der Waals surface area contributed by atoms with E-state index in [1.165, 1.54) is 0 Å². The molecule has 0 fully saturated rings. The second-order valence-electron chi connectivity index (χ2n) is 5.37. The first kappa shape index (κ1) is 16.5. The van der Waals surface area contributed by atoms with Gasteiger partial charge in [-0.2, -0.15) is 0 Å². The van der Waals surface area contributed by atoms with Crippen molar-refractivity contribution in [2.24, 2.45) is 0 Å². The molecule has 3 rings (SSSR count). The molecule has 2 heterocycles. The van der Waals surface area contributed by atoms with Crippen LogP contribution in [0.2, 0.25) is 0 Å². The molecule has 25 heavy (non-hydrogen) atoms. The molecule has 1 aromatic carbocycles. The van der Waals surface area contributed by atoms with E-state index < -0.39 is 0 Å². The SMILES string of the molecule is COc1ccc(Cc2c(N)nc(-c3ccccn3)nc2N)c(OC)c1. The van der Waals surface area contributed by atoms with E-state index >= 15 is 0 Å². The number of ether oxygens (including phenoxy) is 2. The molecule has 0 spiro atoms. The summed E-state index contributed by atoms with van der Waals surface area (Å²) < 4.78 is 10.6. The molecule has 0 saturated carbocycles. The first-order valence-corrected chi connectivity index (χ1v) is 7.66. The summed E-state index contributed by atoms with van der Waals surface area (Å²) >= 11 is 0. The zero-order valence-corrected chi connectivity index (χ0v) is 14.1. The number of hydrogen-bond acceptors (Lipinski definition) is 7. The van der Waals surface area contributed by atoms with Crippen LogP contribution in [-0.2, 0) is 6.42 Å². The van der Waals surface area contributed by atoms with E-state index in [1.807, 2.05) is 30.3 Å². The minimum absolute atomic E-state index is 0.325. The van der Waals surface area contributed by atoms with Gasteiger partial charge in [0.2, 0.25) is 0 Å². The van der Waals surface area contributed by atoms with Crippen molar-refractivity contribution < 1.29 is 9.47 Å². The number of nitrogens with two attached hydrogens (primary N) is 2. The van der Waals surface area contributed by atoms with Crippen molar-refractivity contribution in [1.29, 1.82) is 0 Å². The van der Waals surface area contributed by atoms with Crippen molar-refractivity contribution in [2.75, 3.05) is 25.7 Å². The van der Waals surface area contributed by atoms with Crippen LogP contribution >= 0.6 is 0 Å². The lowest BCUT2D eigenvalue weighted by atomic mass is 10.0. The Bertz CT molecular complexity index is 861. The molecule has 0 aliphatic rings. The van der Waals surface area contributed by atoms with Gasteiger partial charge in [0.1, 0.15) is 28.8 Å². The molecule has 0 radical (unpaired) electrons. The quantitative estimate of drug-likeness (QED) is 0.735. The van der Waals surface area contributed by atoms with Gasteiger partial charge in [-0.25, -0.2) is 9.97 Å². The Kier molecular flexibility index (Phi) is 4.65. The Hall–Kier alpha value is -3.35. The predicted molar refractivity (Wildman–Crippen MR) is 96.4 cm³/mol. The van der Waals surface area contributed by atoms with Crippen molar-refractivity contribution in [3.8, 4) is 23.0 Å². The average molecular weight is 337 g/mol. The zero-order chi connectivity index (χ0) is 17.8. The molecule has 7 heteroatoms. The lowest BCUT2D eigenvalue weighted by Crippen LogP contribution is -2.09. The number of methoxy groups -OCH3 is 2. The highest BCUT2D eigenvalue weighted by Gasteiger charge is 2.15. The maximum atomic E-state index is 6.13. The Labute approximate surface area is 145 Å². The number of anilines is 2. The third kappa shape index (κ3) is 3.45. The van der Waals surface area contributed by atoms with Gasteiger partial charge in [-0.3, -0.25) is 4.98 Å². The number of rotatable bonds is 5. The molecule has 4 N–H and O–H groups in total. The zero-order valence-electron chi connectivity index (χ0n) is 14.1. The number of hydrogen-bond donors (Lipinski definition) is 2. The van der Waals surface area contributed by atoms with Crippen LogP contribution in [-0.4, -0.2) is 29.2 Å². The number of nitrogens with zero attached hydrogens (tertiary/aromatic N) is 3. The van der Waals surface area contributed by atoms with Crippen LogP contribution in [0.4, 0.5) is 11.6 Å². The lowest BCUT2D eigenvalue weighted by Gasteiger charge is -2.13. The second kappa shape index (κ2) is 7.04.